The number of aliphatic hydroxyl groups is 1. The van der Waals surface area contributed by atoms with Crippen LogP contribution in [0.3, 0.4) is 0 Å². The molecule has 2 unspecified atom stereocenters. The zero-order valence-corrected chi connectivity index (χ0v) is 15.4. The van der Waals surface area contributed by atoms with Gasteiger partial charge in [0.25, 0.3) is 5.91 Å². The van der Waals surface area contributed by atoms with Gasteiger partial charge < -0.3 is 10.4 Å². The second-order valence-corrected chi connectivity index (χ2v) is 8.10. The number of carbonyl (C=O) groups is 1. The number of amides is 1. The summed E-state index contributed by atoms with van der Waals surface area (Å²) >= 11 is 0. The number of nitrogens with one attached hydrogen (secondary N) is 1. The van der Waals surface area contributed by atoms with E-state index < -0.39 is 0 Å². The summed E-state index contributed by atoms with van der Waals surface area (Å²) in [6.45, 7) is 5.44. The summed E-state index contributed by atoms with van der Waals surface area (Å²) in [4.78, 5) is 16.7. The fourth-order valence-electron chi connectivity index (χ4n) is 4.45. The number of nitrogens with zero attached hydrogens (tertiary/aromatic N) is 3. The van der Waals surface area contributed by atoms with Gasteiger partial charge in [-0.15, -0.1) is 0 Å². The van der Waals surface area contributed by atoms with Crippen molar-refractivity contribution in [2.24, 2.45) is 17.3 Å². The van der Waals surface area contributed by atoms with Crippen molar-refractivity contribution < 1.29 is 9.90 Å². The van der Waals surface area contributed by atoms with Crippen LogP contribution in [0.4, 0.5) is 0 Å². The second kappa shape index (κ2) is 6.50. The topological polar surface area (TPSA) is 79.5 Å². The number of aliphatic hydroxyl groups excluding tert-OH is 1. The molecule has 1 amide bonds. The lowest BCUT2D eigenvalue weighted by Crippen LogP contribution is -2.48. The molecule has 0 saturated heterocycles. The molecule has 2 heterocycles. The van der Waals surface area contributed by atoms with E-state index in [1.54, 1.807) is 23.0 Å². The molecule has 2 aromatic rings. The fraction of sp³-hybridized carbons (Fsp3) is 0.550. The zero-order chi connectivity index (χ0) is 18.3. The number of hydrogen-bond donors (Lipinski definition) is 2. The lowest BCUT2D eigenvalue weighted by molar-refractivity contribution is -0.00811. The van der Waals surface area contributed by atoms with Crippen LogP contribution in [-0.4, -0.2) is 38.8 Å². The van der Waals surface area contributed by atoms with E-state index >= 15 is 0 Å². The Kier molecular flexibility index (Phi) is 4.31. The minimum absolute atomic E-state index is 0.0657. The van der Waals surface area contributed by atoms with E-state index in [9.17, 15) is 4.79 Å². The average Bonchev–Trinajstić information content (AvgIpc) is 3.05. The van der Waals surface area contributed by atoms with Crippen molar-refractivity contribution in [1.29, 1.82) is 0 Å². The van der Waals surface area contributed by atoms with E-state index in [1.165, 1.54) is 18.4 Å². The summed E-state index contributed by atoms with van der Waals surface area (Å²) in [5.41, 5.74) is 3.83. The van der Waals surface area contributed by atoms with Crippen LogP contribution in [-0.2, 0) is 6.42 Å². The summed E-state index contributed by atoms with van der Waals surface area (Å²) in [6, 6.07) is 1.69. The van der Waals surface area contributed by atoms with E-state index in [-0.39, 0.29) is 12.5 Å². The van der Waals surface area contributed by atoms with Crippen LogP contribution in [0.25, 0.3) is 5.65 Å². The smallest absolute Gasteiger partial charge is 0.271 e. The Morgan fingerprint density at radius 2 is 2.27 bits per heavy atom. The van der Waals surface area contributed by atoms with E-state index in [4.69, 9.17) is 5.11 Å². The van der Waals surface area contributed by atoms with Gasteiger partial charge in [0.05, 0.1) is 0 Å². The SMILES string of the molecule is CC1(C)C2CC=C(CCNC(=O)c3cc4ncc(CCO)cn4n3)C1C2. The Morgan fingerprint density at radius 1 is 1.42 bits per heavy atom. The van der Waals surface area contributed by atoms with Crippen molar-refractivity contribution in [2.75, 3.05) is 13.2 Å². The molecule has 1 saturated carbocycles. The Hall–Kier alpha value is -2.21. The molecule has 2 atom stereocenters. The lowest BCUT2D eigenvalue weighted by Gasteiger charge is -2.56. The Labute approximate surface area is 153 Å². The first-order chi connectivity index (χ1) is 12.5. The number of aromatic nitrogens is 3. The van der Waals surface area contributed by atoms with Crippen molar-refractivity contribution in [3.8, 4) is 0 Å². The van der Waals surface area contributed by atoms with Gasteiger partial charge in [0.1, 0.15) is 0 Å². The third-order valence-electron chi connectivity index (χ3n) is 6.28. The largest absolute Gasteiger partial charge is 0.396 e. The van der Waals surface area contributed by atoms with Crippen molar-refractivity contribution >= 4 is 11.6 Å². The predicted octanol–water partition coefficient (Wildman–Crippen LogP) is 2.38. The van der Waals surface area contributed by atoms with Crippen molar-refractivity contribution in [3.05, 3.63) is 41.4 Å². The Bertz CT molecular complexity index is 868. The molecule has 0 aliphatic heterocycles. The molecule has 1 fully saturated rings. The number of carbonyl (C=O) groups excluding carboxylic acids is 1. The van der Waals surface area contributed by atoms with Gasteiger partial charge in [0, 0.05) is 31.6 Å². The molecule has 26 heavy (non-hydrogen) atoms. The first-order valence-electron chi connectivity index (χ1n) is 9.41. The quantitative estimate of drug-likeness (QED) is 0.781. The van der Waals surface area contributed by atoms with E-state index in [1.807, 2.05) is 0 Å². The summed E-state index contributed by atoms with van der Waals surface area (Å²) in [6.07, 6.45) is 9.82. The highest BCUT2D eigenvalue weighted by Crippen LogP contribution is 2.59. The zero-order valence-electron chi connectivity index (χ0n) is 15.4. The lowest BCUT2D eigenvalue weighted by atomic mass is 9.48. The molecule has 6 nitrogen and oxygen atoms in total. The van der Waals surface area contributed by atoms with Crippen molar-refractivity contribution in [3.63, 3.8) is 0 Å². The maximum Gasteiger partial charge on any atom is 0.271 e. The summed E-state index contributed by atoms with van der Waals surface area (Å²) < 4.78 is 1.60. The van der Waals surface area contributed by atoms with E-state index in [2.05, 4.69) is 35.3 Å². The molecule has 2 N–H and O–H groups in total. The van der Waals surface area contributed by atoms with Gasteiger partial charge in [-0.1, -0.05) is 25.5 Å². The second-order valence-electron chi connectivity index (χ2n) is 8.10. The molecule has 0 spiro atoms. The van der Waals surface area contributed by atoms with Gasteiger partial charge in [-0.05, 0) is 48.5 Å². The fourth-order valence-corrected chi connectivity index (χ4v) is 4.45. The summed E-state index contributed by atoms with van der Waals surface area (Å²) in [5, 5.41) is 16.3. The highest BCUT2D eigenvalue weighted by molar-refractivity contribution is 5.93. The molecule has 2 bridgehead atoms. The molecule has 0 radical (unpaired) electrons. The normalized spacial score (nSPS) is 23.4. The maximum atomic E-state index is 12.4. The average molecular weight is 354 g/mol. The van der Waals surface area contributed by atoms with Gasteiger partial charge in [-0.2, -0.15) is 5.10 Å². The van der Waals surface area contributed by atoms with Crippen LogP contribution in [0.2, 0.25) is 0 Å². The molecule has 3 aliphatic rings. The third-order valence-corrected chi connectivity index (χ3v) is 6.28. The van der Waals surface area contributed by atoms with Crippen molar-refractivity contribution in [2.45, 2.75) is 39.5 Å². The van der Waals surface area contributed by atoms with Gasteiger partial charge >= 0.3 is 0 Å². The van der Waals surface area contributed by atoms with Gasteiger partial charge in [0.2, 0.25) is 0 Å². The number of allylic oxidation sites excluding steroid dienone is 1. The molecule has 2 aromatic heterocycles. The van der Waals surface area contributed by atoms with Crippen LogP contribution in [0, 0.1) is 17.3 Å². The molecule has 6 heteroatoms. The minimum Gasteiger partial charge on any atom is -0.396 e. The minimum atomic E-state index is -0.165. The maximum absolute atomic E-state index is 12.4. The first kappa shape index (κ1) is 17.2. The van der Waals surface area contributed by atoms with E-state index in [0.29, 0.717) is 35.6 Å². The van der Waals surface area contributed by atoms with Crippen LogP contribution >= 0.6 is 0 Å². The molecule has 3 aliphatic carbocycles. The number of hydrogen-bond acceptors (Lipinski definition) is 4. The monoisotopic (exact) mass is 354 g/mol. The van der Waals surface area contributed by atoms with Crippen LogP contribution in [0.15, 0.2) is 30.1 Å². The molecular formula is C20H26N4O2. The molecule has 138 valence electrons. The van der Waals surface area contributed by atoms with E-state index in [0.717, 1.165) is 17.9 Å². The van der Waals surface area contributed by atoms with Gasteiger partial charge in [-0.25, -0.2) is 9.50 Å². The number of rotatable bonds is 6. The standard InChI is InChI=1S/C20H26N4O2/c1-20(2)15-4-3-14(16(20)9-15)5-7-21-19(26)17-10-18-22-11-13(6-8-25)12-24(18)23-17/h3,10-12,15-16,25H,4-9H2,1-2H3,(H,21,26). The highest BCUT2D eigenvalue weighted by atomic mass is 16.3. The Balaban J connectivity index is 1.36. The number of fused-ring (bicyclic) bond motifs is 2. The van der Waals surface area contributed by atoms with Gasteiger partial charge in [0.15, 0.2) is 11.3 Å². The first-order valence-corrected chi connectivity index (χ1v) is 9.41. The molecule has 5 rings (SSSR count). The van der Waals surface area contributed by atoms with Crippen LogP contribution < -0.4 is 5.32 Å². The van der Waals surface area contributed by atoms with Crippen LogP contribution in [0.1, 0.15) is 49.2 Å². The summed E-state index contributed by atoms with van der Waals surface area (Å²) in [5.74, 6) is 1.36. The molecular weight excluding hydrogens is 328 g/mol. The van der Waals surface area contributed by atoms with Crippen molar-refractivity contribution in [1.82, 2.24) is 19.9 Å². The van der Waals surface area contributed by atoms with Crippen LogP contribution in [0.5, 0.6) is 0 Å². The highest BCUT2D eigenvalue weighted by Gasteiger charge is 2.50. The predicted molar refractivity (Wildman–Crippen MR) is 98.8 cm³/mol. The summed E-state index contributed by atoms with van der Waals surface area (Å²) in [7, 11) is 0. The third kappa shape index (κ3) is 2.92. The molecule has 0 aromatic carbocycles. The Morgan fingerprint density at radius 3 is 3.00 bits per heavy atom. The van der Waals surface area contributed by atoms with Gasteiger partial charge in [-0.3, -0.25) is 4.79 Å².